The normalized spacial score (nSPS) is 10.0. The van der Waals surface area contributed by atoms with Crippen molar-refractivity contribution in [3.8, 4) is 0 Å². The molecular formula is C15H13N3O5. The lowest BCUT2D eigenvalue weighted by Crippen LogP contribution is -2.15. The van der Waals surface area contributed by atoms with Gasteiger partial charge < -0.3 is 10.1 Å². The summed E-state index contributed by atoms with van der Waals surface area (Å²) in [6.45, 7) is 1.72. The van der Waals surface area contributed by atoms with E-state index in [0.717, 1.165) is 0 Å². The average molecular weight is 315 g/mol. The number of non-ortho nitro benzene ring substituents is 1. The van der Waals surface area contributed by atoms with Gasteiger partial charge in [-0.05, 0) is 24.6 Å². The van der Waals surface area contributed by atoms with Crippen molar-refractivity contribution in [2.75, 3.05) is 12.4 Å². The predicted molar refractivity (Wildman–Crippen MR) is 81.4 cm³/mol. The Morgan fingerprint density at radius 3 is 2.57 bits per heavy atom. The predicted octanol–water partition coefficient (Wildman–Crippen LogP) is 2.34. The molecule has 0 aliphatic heterocycles. The number of anilines is 1. The van der Waals surface area contributed by atoms with Crippen LogP contribution in [0, 0.1) is 17.0 Å². The minimum absolute atomic E-state index is 0.0727. The number of aryl methyl sites for hydroxylation is 1. The van der Waals surface area contributed by atoms with Crippen molar-refractivity contribution >= 4 is 23.3 Å². The van der Waals surface area contributed by atoms with E-state index in [1.54, 1.807) is 13.0 Å². The quantitative estimate of drug-likeness (QED) is 0.526. The Morgan fingerprint density at radius 2 is 2.00 bits per heavy atom. The van der Waals surface area contributed by atoms with Gasteiger partial charge in [-0.3, -0.25) is 19.9 Å². The molecule has 1 amide bonds. The van der Waals surface area contributed by atoms with Gasteiger partial charge in [0.25, 0.3) is 11.6 Å². The van der Waals surface area contributed by atoms with Crippen molar-refractivity contribution in [2.45, 2.75) is 6.92 Å². The lowest BCUT2D eigenvalue weighted by Gasteiger charge is -2.08. The molecular weight excluding hydrogens is 302 g/mol. The van der Waals surface area contributed by atoms with Crippen LogP contribution in [0.15, 0.2) is 36.5 Å². The van der Waals surface area contributed by atoms with E-state index in [-0.39, 0.29) is 16.9 Å². The van der Waals surface area contributed by atoms with E-state index >= 15 is 0 Å². The van der Waals surface area contributed by atoms with Gasteiger partial charge >= 0.3 is 5.97 Å². The number of nitrogens with one attached hydrogen (secondary N) is 1. The number of rotatable bonds is 4. The maximum absolute atomic E-state index is 12.1. The van der Waals surface area contributed by atoms with E-state index in [1.807, 2.05) is 0 Å². The highest BCUT2D eigenvalue weighted by Gasteiger charge is 2.14. The molecule has 1 aromatic carbocycles. The molecule has 118 valence electrons. The first-order chi connectivity index (χ1) is 10.9. The average Bonchev–Trinajstić information content (AvgIpc) is 2.56. The summed E-state index contributed by atoms with van der Waals surface area (Å²) in [5.41, 5.74) is 1.16. The van der Waals surface area contributed by atoms with E-state index in [0.29, 0.717) is 11.3 Å². The molecule has 1 heterocycles. The van der Waals surface area contributed by atoms with Crippen LogP contribution in [0.5, 0.6) is 0 Å². The zero-order chi connectivity index (χ0) is 17.0. The van der Waals surface area contributed by atoms with Crippen LogP contribution in [0.3, 0.4) is 0 Å². The number of hydrogen-bond acceptors (Lipinski definition) is 6. The molecule has 0 saturated carbocycles. The molecule has 23 heavy (non-hydrogen) atoms. The molecule has 0 fully saturated rings. The van der Waals surface area contributed by atoms with Gasteiger partial charge in [-0.2, -0.15) is 0 Å². The number of ether oxygens (including phenoxy) is 1. The molecule has 0 aliphatic rings. The topological polar surface area (TPSA) is 111 Å². The van der Waals surface area contributed by atoms with Crippen molar-refractivity contribution < 1.29 is 19.2 Å². The molecule has 0 spiro atoms. The molecule has 0 saturated heterocycles. The number of methoxy groups -OCH3 is 1. The lowest BCUT2D eigenvalue weighted by atomic mass is 10.1. The number of esters is 1. The molecule has 1 aromatic heterocycles. The number of benzene rings is 1. The number of carbonyl (C=O) groups excluding carboxylic acids is 2. The molecule has 0 bridgehead atoms. The molecule has 0 unspecified atom stereocenters. The molecule has 0 radical (unpaired) electrons. The van der Waals surface area contributed by atoms with Gasteiger partial charge in [0.2, 0.25) is 0 Å². The van der Waals surface area contributed by atoms with E-state index in [4.69, 9.17) is 0 Å². The minimum Gasteiger partial charge on any atom is -0.465 e. The van der Waals surface area contributed by atoms with E-state index in [9.17, 15) is 19.7 Å². The fourth-order valence-corrected chi connectivity index (χ4v) is 1.81. The Kier molecular flexibility index (Phi) is 4.65. The summed E-state index contributed by atoms with van der Waals surface area (Å²) in [6, 6.07) is 6.95. The zero-order valence-corrected chi connectivity index (χ0v) is 12.4. The number of carbonyl (C=O) groups is 2. The maximum Gasteiger partial charge on any atom is 0.339 e. The largest absolute Gasteiger partial charge is 0.465 e. The SMILES string of the molecule is COC(=O)c1ccc(C(=O)Nc2cc([N+](=O)[O-])ccc2C)nc1. The molecule has 2 aromatic rings. The van der Waals surface area contributed by atoms with Crippen LogP contribution in [0.2, 0.25) is 0 Å². The summed E-state index contributed by atoms with van der Waals surface area (Å²) >= 11 is 0. The number of nitrogens with zero attached hydrogens (tertiary/aromatic N) is 2. The highest BCUT2D eigenvalue weighted by Crippen LogP contribution is 2.22. The monoisotopic (exact) mass is 315 g/mol. The maximum atomic E-state index is 12.1. The van der Waals surface area contributed by atoms with Crippen LogP contribution >= 0.6 is 0 Å². The van der Waals surface area contributed by atoms with E-state index < -0.39 is 16.8 Å². The summed E-state index contributed by atoms with van der Waals surface area (Å²) in [6.07, 6.45) is 1.22. The van der Waals surface area contributed by atoms with Crippen molar-refractivity contribution in [2.24, 2.45) is 0 Å². The summed E-state index contributed by atoms with van der Waals surface area (Å²) in [5.74, 6) is -1.09. The van der Waals surface area contributed by atoms with Crippen LogP contribution in [0.4, 0.5) is 11.4 Å². The number of nitro benzene ring substituents is 1. The molecule has 8 heteroatoms. The van der Waals surface area contributed by atoms with Gasteiger partial charge in [-0.25, -0.2) is 4.79 Å². The second kappa shape index (κ2) is 6.65. The Balaban J connectivity index is 2.20. The Bertz CT molecular complexity index is 771. The number of hydrogen-bond donors (Lipinski definition) is 1. The van der Waals surface area contributed by atoms with Crippen LogP contribution in [-0.4, -0.2) is 28.9 Å². The lowest BCUT2D eigenvalue weighted by molar-refractivity contribution is -0.384. The summed E-state index contributed by atoms with van der Waals surface area (Å²) in [4.78, 5) is 37.6. The number of aromatic nitrogens is 1. The van der Waals surface area contributed by atoms with Crippen LogP contribution in [0.25, 0.3) is 0 Å². The summed E-state index contributed by atoms with van der Waals surface area (Å²) in [5, 5.41) is 13.3. The van der Waals surface area contributed by atoms with Gasteiger partial charge in [0, 0.05) is 18.3 Å². The fraction of sp³-hybridized carbons (Fsp3) is 0.133. The van der Waals surface area contributed by atoms with Crippen molar-refractivity contribution in [1.29, 1.82) is 0 Å². The number of pyridine rings is 1. The third kappa shape index (κ3) is 3.67. The zero-order valence-electron chi connectivity index (χ0n) is 12.4. The highest BCUT2D eigenvalue weighted by molar-refractivity contribution is 6.03. The molecule has 1 N–H and O–H groups in total. The van der Waals surface area contributed by atoms with E-state index in [1.165, 1.54) is 37.6 Å². The van der Waals surface area contributed by atoms with Gasteiger partial charge in [0.15, 0.2) is 0 Å². The van der Waals surface area contributed by atoms with Gasteiger partial charge in [-0.15, -0.1) is 0 Å². The number of amides is 1. The van der Waals surface area contributed by atoms with Gasteiger partial charge in [-0.1, -0.05) is 6.07 Å². The summed E-state index contributed by atoms with van der Waals surface area (Å²) < 4.78 is 4.54. The third-order valence-electron chi connectivity index (χ3n) is 3.10. The Morgan fingerprint density at radius 1 is 1.26 bits per heavy atom. The van der Waals surface area contributed by atoms with Gasteiger partial charge in [0.05, 0.1) is 23.3 Å². The Hall–Kier alpha value is -3.29. The first kappa shape index (κ1) is 16.1. The number of nitro groups is 1. The molecule has 0 aliphatic carbocycles. The van der Waals surface area contributed by atoms with Crippen molar-refractivity contribution in [1.82, 2.24) is 4.98 Å². The summed E-state index contributed by atoms with van der Waals surface area (Å²) in [7, 11) is 1.24. The van der Waals surface area contributed by atoms with Crippen LogP contribution < -0.4 is 5.32 Å². The smallest absolute Gasteiger partial charge is 0.339 e. The first-order valence-electron chi connectivity index (χ1n) is 6.53. The van der Waals surface area contributed by atoms with Crippen molar-refractivity contribution in [3.63, 3.8) is 0 Å². The standard InChI is InChI=1S/C15H13N3O5/c1-9-3-5-11(18(21)22)7-13(9)17-14(19)12-6-4-10(8-16-12)15(20)23-2/h3-8H,1-2H3,(H,17,19). The molecule has 0 atom stereocenters. The minimum atomic E-state index is -0.556. The fourth-order valence-electron chi connectivity index (χ4n) is 1.81. The molecule has 2 rings (SSSR count). The van der Waals surface area contributed by atoms with Crippen LogP contribution in [-0.2, 0) is 4.74 Å². The third-order valence-corrected chi connectivity index (χ3v) is 3.10. The van der Waals surface area contributed by atoms with Crippen molar-refractivity contribution in [3.05, 3.63) is 63.5 Å². The highest BCUT2D eigenvalue weighted by atomic mass is 16.6. The van der Waals surface area contributed by atoms with Crippen LogP contribution in [0.1, 0.15) is 26.4 Å². The van der Waals surface area contributed by atoms with Gasteiger partial charge in [0.1, 0.15) is 5.69 Å². The van der Waals surface area contributed by atoms with E-state index in [2.05, 4.69) is 15.0 Å². The second-order valence-electron chi connectivity index (χ2n) is 4.63. The molecule has 8 nitrogen and oxygen atoms in total. The first-order valence-corrected chi connectivity index (χ1v) is 6.53. The second-order valence-corrected chi connectivity index (χ2v) is 4.63. The Labute approximate surface area is 131 Å².